The van der Waals surface area contributed by atoms with Gasteiger partial charge in [-0.15, -0.1) is 0 Å². The summed E-state index contributed by atoms with van der Waals surface area (Å²) in [5.74, 6) is 0.163. The van der Waals surface area contributed by atoms with Gasteiger partial charge in [-0.05, 0) is 17.0 Å². The molecule has 0 saturated carbocycles. The number of carbonyl (C=O) groups excluding carboxylic acids is 2. The van der Waals surface area contributed by atoms with Gasteiger partial charge in [-0.2, -0.15) is 0 Å². The van der Waals surface area contributed by atoms with E-state index in [1.165, 1.54) is 5.56 Å². The van der Waals surface area contributed by atoms with E-state index in [2.05, 4.69) is 31.3 Å². The van der Waals surface area contributed by atoms with Crippen LogP contribution < -0.4 is 11.1 Å². The van der Waals surface area contributed by atoms with E-state index in [9.17, 15) is 9.59 Å². The van der Waals surface area contributed by atoms with Crippen molar-refractivity contribution in [1.82, 2.24) is 10.2 Å². The highest BCUT2D eigenvalue weighted by Gasteiger charge is 2.32. The molecule has 1 aromatic rings. The summed E-state index contributed by atoms with van der Waals surface area (Å²) >= 11 is 0. The van der Waals surface area contributed by atoms with Crippen LogP contribution in [0, 0.1) is 5.92 Å². The fourth-order valence-electron chi connectivity index (χ4n) is 2.64. The minimum atomic E-state index is -0.256. The standard InChI is InChI=1S/C17H25N3O2/c1-11(2)12-4-6-13(7-5-12)15(18)9-19-17(22)14-8-16(21)20(3)10-14/h4-7,11,14-15H,8-10,18H2,1-3H3,(H,19,22). The molecular weight excluding hydrogens is 278 g/mol. The summed E-state index contributed by atoms with van der Waals surface area (Å²) in [6.07, 6.45) is 0.292. The highest BCUT2D eigenvalue weighted by molar-refractivity contribution is 5.89. The van der Waals surface area contributed by atoms with E-state index in [0.717, 1.165) is 5.56 Å². The lowest BCUT2D eigenvalue weighted by Crippen LogP contribution is -2.36. The second kappa shape index (κ2) is 6.92. The molecule has 120 valence electrons. The zero-order chi connectivity index (χ0) is 16.3. The predicted molar refractivity (Wildman–Crippen MR) is 86.2 cm³/mol. The van der Waals surface area contributed by atoms with Gasteiger partial charge in [0.15, 0.2) is 0 Å². The maximum absolute atomic E-state index is 12.1. The van der Waals surface area contributed by atoms with Crippen LogP contribution in [0.2, 0.25) is 0 Å². The molecule has 1 fully saturated rings. The van der Waals surface area contributed by atoms with Crippen molar-refractivity contribution in [2.45, 2.75) is 32.2 Å². The van der Waals surface area contributed by atoms with Crippen LogP contribution in [0.4, 0.5) is 0 Å². The first-order valence-electron chi connectivity index (χ1n) is 7.75. The molecule has 0 aromatic heterocycles. The number of hydrogen-bond acceptors (Lipinski definition) is 3. The molecular formula is C17H25N3O2. The van der Waals surface area contributed by atoms with Crippen LogP contribution in [-0.2, 0) is 9.59 Å². The van der Waals surface area contributed by atoms with Crippen molar-refractivity contribution in [3.63, 3.8) is 0 Å². The van der Waals surface area contributed by atoms with Crippen LogP contribution in [0.5, 0.6) is 0 Å². The molecule has 1 aliphatic rings. The number of carbonyl (C=O) groups is 2. The third-order valence-corrected chi connectivity index (χ3v) is 4.24. The number of amides is 2. The van der Waals surface area contributed by atoms with Crippen LogP contribution in [-0.4, -0.2) is 36.9 Å². The summed E-state index contributed by atoms with van der Waals surface area (Å²) in [7, 11) is 1.72. The largest absolute Gasteiger partial charge is 0.354 e. The average Bonchev–Trinajstić information content (AvgIpc) is 2.84. The van der Waals surface area contributed by atoms with Gasteiger partial charge in [0.1, 0.15) is 0 Å². The van der Waals surface area contributed by atoms with Crippen molar-refractivity contribution in [3.05, 3.63) is 35.4 Å². The van der Waals surface area contributed by atoms with E-state index in [0.29, 0.717) is 25.4 Å². The summed E-state index contributed by atoms with van der Waals surface area (Å²) < 4.78 is 0. The van der Waals surface area contributed by atoms with E-state index < -0.39 is 0 Å². The van der Waals surface area contributed by atoms with E-state index in [1.54, 1.807) is 11.9 Å². The lowest BCUT2D eigenvalue weighted by molar-refractivity contribution is -0.128. The first-order valence-corrected chi connectivity index (χ1v) is 7.75. The minimum absolute atomic E-state index is 0.0220. The lowest BCUT2D eigenvalue weighted by atomic mass is 9.99. The van der Waals surface area contributed by atoms with E-state index in [1.807, 2.05) is 12.1 Å². The summed E-state index contributed by atoms with van der Waals surface area (Å²) in [6.45, 7) is 5.17. The molecule has 0 spiro atoms. The van der Waals surface area contributed by atoms with Crippen molar-refractivity contribution in [3.8, 4) is 0 Å². The van der Waals surface area contributed by atoms with Gasteiger partial charge in [0.25, 0.3) is 0 Å². The van der Waals surface area contributed by atoms with Gasteiger partial charge < -0.3 is 16.0 Å². The number of hydrogen-bond donors (Lipinski definition) is 2. The highest BCUT2D eigenvalue weighted by Crippen LogP contribution is 2.18. The molecule has 1 saturated heterocycles. The molecule has 5 nitrogen and oxygen atoms in total. The quantitative estimate of drug-likeness (QED) is 0.863. The Balaban J connectivity index is 1.85. The Morgan fingerprint density at radius 2 is 1.91 bits per heavy atom. The van der Waals surface area contributed by atoms with Crippen molar-refractivity contribution in [2.24, 2.45) is 11.7 Å². The summed E-state index contributed by atoms with van der Waals surface area (Å²) in [6, 6.07) is 7.94. The average molecular weight is 303 g/mol. The molecule has 22 heavy (non-hydrogen) atoms. The fraction of sp³-hybridized carbons (Fsp3) is 0.529. The van der Waals surface area contributed by atoms with Gasteiger partial charge in [0.05, 0.1) is 5.92 Å². The van der Waals surface area contributed by atoms with Gasteiger partial charge in [-0.3, -0.25) is 9.59 Å². The van der Waals surface area contributed by atoms with Crippen LogP contribution >= 0.6 is 0 Å². The van der Waals surface area contributed by atoms with Crippen molar-refractivity contribution in [2.75, 3.05) is 20.1 Å². The molecule has 2 amide bonds. The maximum atomic E-state index is 12.1. The molecule has 2 unspecified atom stereocenters. The molecule has 2 rings (SSSR count). The van der Waals surface area contributed by atoms with E-state index in [4.69, 9.17) is 5.73 Å². The van der Waals surface area contributed by atoms with Crippen LogP contribution in [0.25, 0.3) is 0 Å². The normalized spacial score (nSPS) is 19.6. The van der Waals surface area contributed by atoms with Gasteiger partial charge in [-0.25, -0.2) is 0 Å². The fourth-order valence-corrected chi connectivity index (χ4v) is 2.64. The van der Waals surface area contributed by atoms with Crippen molar-refractivity contribution < 1.29 is 9.59 Å². The van der Waals surface area contributed by atoms with Crippen LogP contribution in [0.15, 0.2) is 24.3 Å². The van der Waals surface area contributed by atoms with Gasteiger partial charge >= 0.3 is 0 Å². The molecule has 5 heteroatoms. The molecule has 1 heterocycles. The maximum Gasteiger partial charge on any atom is 0.225 e. The Kier molecular flexibility index (Phi) is 5.19. The number of nitrogens with one attached hydrogen (secondary N) is 1. The monoisotopic (exact) mass is 303 g/mol. The van der Waals surface area contributed by atoms with Crippen LogP contribution in [0.3, 0.4) is 0 Å². The molecule has 0 bridgehead atoms. The molecule has 1 aromatic carbocycles. The lowest BCUT2D eigenvalue weighted by Gasteiger charge is -2.16. The first-order chi connectivity index (χ1) is 10.4. The zero-order valence-corrected chi connectivity index (χ0v) is 13.5. The van der Waals surface area contributed by atoms with Gasteiger partial charge in [-0.1, -0.05) is 38.1 Å². The zero-order valence-electron chi connectivity index (χ0n) is 13.5. The Morgan fingerprint density at radius 1 is 1.32 bits per heavy atom. The van der Waals surface area contributed by atoms with Gasteiger partial charge in [0, 0.05) is 32.6 Å². The Morgan fingerprint density at radius 3 is 2.41 bits per heavy atom. The first kappa shape index (κ1) is 16.5. The Bertz CT molecular complexity index is 539. The highest BCUT2D eigenvalue weighted by atomic mass is 16.2. The third-order valence-electron chi connectivity index (χ3n) is 4.24. The molecule has 0 aliphatic carbocycles. The molecule has 3 N–H and O–H groups in total. The van der Waals surface area contributed by atoms with Gasteiger partial charge in [0.2, 0.25) is 11.8 Å². The number of nitrogens with zero attached hydrogens (tertiary/aromatic N) is 1. The number of benzene rings is 1. The summed E-state index contributed by atoms with van der Waals surface area (Å²) in [5, 5.41) is 2.86. The Labute approximate surface area is 131 Å². The third kappa shape index (κ3) is 3.85. The smallest absolute Gasteiger partial charge is 0.225 e. The topological polar surface area (TPSA) is 75.4 Å². The molecule has 1 aliphatic heterocycles. The number of nitrogens with two attached hydrogens (primary N) is 1. The SMILES string of the molecule is CC(C)c1ccc(C(N)CNC(=O)C2CC(=O)N(C)C2)cc1. The number of rotatable bonds is 5. The Hall–Kier alpha value is -1.88. The molecule has 2 atom stereocenters. The van der Waals surface area contributed by atoms with Crippen molar-refractivity contribution >= 4 is 11.8 Å². The second-order valence-corrected chi connectivity index (χ2v) is 6.35. The number of likely N-dealkylation sites (tertiary alicyclic amines) is 1. The van der Waals surface area contributed by atoms with Crippen molar-refractivity contribution in [1.29, 1.82) is 0 Å². The van der Waals surface area contributed by atoms with Crippen LogP contribution in [0.1, 0.15) is 43.4 Å². The molecule has 0 radical (unpaired) electrons. The van der Waals surface area contributed by atoms with E-state index in [-0.39, 0.29) is 23.8 Å². The second-order valence-electron chi connectivity index (χ2n) is 6.35. The minimum Gasteiger partial charge on any atom is -0.354 e. The summed E-state index contributed by atoms with van der Waals surface area (Å²) in [5.41, 5.74) is 8.41. The predicted octanol–water partition coefficient (Wildman–Crippen LogP) is 1.40. The summed E-state index contributed by atoms with van der Waals surface area (Å²) in [4.78, 5) is 25.1. The van der Waals surface area contributed by atoms with E-state index >= 15 is 0 Å².